The fourth-order valence-corrected chi connectivity index (χ4v) is 4.21. The first-order valence-corrected chi connectivity index (χ1v) is 9.85. The van der Waals surface area contributed by atoms with Crippen LogP contribution in [0, 0.1) is 5.82 Å². The molecule has 2 aromatic carbocycles. The lowest BCUT2D eigenvalue weighted by Gasteiger charge is -2.47. The fraction of sp³-hybridized carbons (Fsp3) is 0.333. The molecule has 0 saturated carbocycles. The van der Waals surface area contributed by atoms with Crippen molar-refractivity contribution in [1.82, 2.24) is 4.90 Å². The van der Waals surface area contributed by atoms with Crippen LogP contribution in [0.5, 0.6) is 0 Å². The maximum atomic E-state index is 14.0. The van der Waals surface area contributed by atoms with Crippen molar-refractivity contribution in [2.45, 2.75) is 32.4 Å². The maximum absolute atomic E-state index is 14.0. The van der Waals surface area contributed by atoms with E-state index >= 15 is 0 Å². The Kier molecular flexibility index (Phi) is 4.98. The molecule has 0 aliphatic carbocycles. The van der Waals surface area contributed by atoms with Gasteiger partial charge in [-0.05, 0) is 62.6 Å². The molecule has 2 aromatic rings. The van der Waals surface area contributed by atoms with Crippen LogP contribution < -0.4 is 10.2 Å². The minimum absolute atomic E-state index is 0.0140. The Labute approximate surface area is 168 Å². The van der Waals surface area contributed by atoms with E-state index in [1.807, 2.05) is 11.8 Å². The Morgan fingerprint density at radius 3 is 2.82 bits per heavy atom. The third-order valence-corrected chi connectivity index (χ3v) is 5.65. The van der Waals surface area contributed by atoms with E-state index < -0.39 is 11.7 Å². The molecule has 2 aliphatic rings. The van der Waals surface area contributed by atoms with Gasteiger partial charge in [-0.1, -0.05) is 11.6 Å². The number of rotatable bonds is 3. The van der Waals surface area contributed by atoms with Gasteiger partial charge in [0.05, 0.1) is 16.9 Å². The molecule has 146 valence electrons. The van der Waals surface area contributed by atoms with E-state index in [9.17, 15) is 14.0 Å². The first-order valence-electron chi connectivity index (χ1n) is 9.47. The Balaban J connectivity index is 1.66. The molecule has 4 rings (SSSR count). The zero-order valence-corrected chi connectivity index (χ0v) is 16.3. The Hall–Kier alpha value is -2.60. The molecule has 1 atom stereocenters. The van der Waals surface area contributed by atoms with Crippen LogP contribution in [0.25, 0.3) is 0 Å². The largest absolute Gasteiger partial charge is 0.351 e. The highest BCUT2D eigenvalue weighted by atomic mass is 35.5. The number of hydrogen-bond donors (Lipinski definition) is 1. The summed E-state index contributed by atoms with van der Waals surface area (Å²) in [7, 11) is 0. The van der Waals surface area contributed by atoms with Crippen molar-refractivity contribution in [2.75, 3.05) is 23.3 Å². The number of piperidine rings is 1. The monoisotopic (exact) mass is 401 g/mol. The van der Waals surface area contributed by atoms with Gasteiger partial charge in [-0.2, -0.15) is 0 Å². The third kappa shape index (κ3) is 3.22. The molecule has 2 aliphatic heterocycles. The van der Waals surface area contributed by atoms with Gasteiger partial charge in [0.1, 0.15) is 12.0 Å². The van der Waals surface area contributed by atoms with Gasteiger partial charge >= 0.3 is 0 Å². The second-order valence-electron chi connectivity index (χ2n) is 7.07. The van der Waals surface area contributed by atoms with Gasteiger partial charge in [0, 0.05) is 23.7 Å². The molecule has 5 nitrogen and oxygen atoms in total. The van der Waals surface area contributed by atoms with E-state index in [2.05, 4.69) is 10.2 Å². The summed E-state index contributed by atoms with van der Waals surface area (Å²) in [6.07, 6.45) is 3.05. The van der Waals surface area contributed by atoms with Gasteiger partial charge in [0.2, 0.25) is 0 Å². The lowest BCUT2D eigenvalue weighted by molar-refractivity contribution is 0.0582. The summed E-state index contributed by atoms with van der Waals surface area (Å²) in [6.45, 7) is 3.54. The van der Waals surface area contributed by atoms with E-state index in [0.717, 1.165) is 44.1 Å². The van der Waals surface area contributed by atoms with Crippen molar-refractivity contribution in [2.24, 2.45) is 0 Å². The summed E-state index contributed by atoms with van der Waals surface area (Å²) in [4.78, 5) is 29.7. The number of fused-ring (bicyclic) bond motifs is 2. The van der Waals surface area contributed by atoms with Gasteiger partial charge in [-0.15, -0.1) is 0 Å². The zero-order chi connectivity index (χ0) is 19.8. The Morgan fingerprint density at radius 1 is 1.25 bits per heavy atom. The summed E-state index contributed by atoms with van der Waals surface area (Å²) in [5, 5.41) is 2.84. The highest BCUT2D eigenvalue weighted by Crippen LogP contribution is 2.36. The molecule has 28 heavy (non-hydrogen) atoms. The molecule has 0 spiro atoms. The molecule has 0 unspecified atom stereocenters. The van der Waals surface area contributed by atoms with Crippen LogP contribution in [0.15, 0.2) is 36.4 Å². The number of nitrogens with one attached hydrogen (secondary N) is 1. The average Bonchev–Trinajstić information content (AvgIpc) is 2.70. The second kappa shape index (κ2) is 7.43. The second-order valence-corrected chi connectivity index (χ2v) is 7.51. The summed E-state index contributed by atoms with van der Waals surface area (Å²) >= 11 is 5.76. The van der Waals surface area contributed by atoms with Crippen molar-refractivity contribution >= 4 is 34.8 Å². The number of halogens is 2. The number of benzene rings is 2. The number of carbonyl (C=O) groups is 2. The van der Waals surface area contributed by atoms with Gasteiger partial charge in [-0.3, -0.25) is 9.59 Å². The van der Waals surface area contributed by atoms with E-state index in [1.165, 1.54) is 12.1 Å². The van der Waals surface area contributed by atoms with E-state index in [0.29, 0.717) is 11.1 Å². The van der Waals surface area contributed by atoms with Gasteiger partial charge in [0.15, 0.2) is 0 Å². The molecule has 2 amide bonds. The molecular formula is C21H21ClFN3O2. The maximum Gasteiger partial charge on any atom is 0.257 e. The SMILES string of the molecule is CCN1c2cc(C(=O)Nc3ccc(Cl)cc3F)ccc2C(=O)N2CCCC[C@@H]21. The molecule has 1 saturated heterocycles. The first-order chi connectivity index (χ1) is 13.5. The van der Waals surface area contributed by atoms with Crippen LogP contribution >= 0.6 is 11.6 Å². The van der Waals surface area contributed by atoms with Gasteiger partial charge in [0.25, 0.3) is 11.8 Å². The van der Waals surface area contributed by atoms with Gasteiger partial charge < -0.3 is 15.1 Å². The molecule has 1 fully saturated rings. The summed E-state index contributed by atoms with van der Waals surface area (Å²) < 4.78 is 14.0. The molecular weight excluding hydrogens is 381 g/mol. The molecule has 2 heterocycles. The molecule has 0 bridgehead atoms. The lowest BCUT2D eigenvalue weighted by atomic mass is 9.97. The molecule has 0 aromatic heterocycles. The van der Waals surface area contributed by atoms with Crippen molar-refractivity contribution in [1.29, 1.82) is 0 Å². The normalized spacial score (nSPS) is 18.5. The minimum Gasteiger partial charge on any atom is -0.351 e. The minimum atomic E-state index is -0.595. The number of hydrogen-bond acceptors (Lipinski definition) is 3. The van der Waals surface area contributed by atoms with E-state index in [4.69, 9.17) is 11.6 Å². The average molecular weight is 402 g/mol. The highest BCUT2D eigenvalue weighted by Gasteiger charge is 2.38. The topological polar surface area (TPSA) is 52.7 Å². The van der Waals surface area contributed by atoms with Gasteiger partial charge in [-0.25, -0.2) is 4.39 Å². The summed E-state index contributed by atoms with van der Waals surface area (Å²) in [5.41, 5.74) is 1.81. The predicted octanol–water partition coefficient (Wildman–Crippen LogP) is 4.52. The first kappa shape index (κ1) is 18.7. The van der Waals surface area contributed by atoms with Crippen molar-refractivity contribution in [3.63, 3.8) is 0 Å². The van der Waals surface area contributed by atoms with Crippen molar-refractivity contribution < 1.29 is 14.0 Å². The third-order valence-electron chi connectivity index (χ3n) is 5.41. The Bertz CT molecular complexity index is 949. The predicted molar refractivity (Wildman–Crippen MR) is 108 cm³/mol. The standard InChI is InChI=1S/C21H21ClFN3O2/c1-2-25-18-11-13(20(27)24-17-9-7-14(22)12-16(17)23)6-8-15(18)21(28)26-10-4-3-5-19(25)26/h6-9,11-12,19H,2-5,10H2,1H3,(H,24,27)/t19-/m1/s1. The fourth-order valence-electron chi connectivity index (χ4n) is 4.05. The molecule has 0 radical (unpaired) electrons. The van der Waals surface area contributed by atoms with Crippen molar-refractivity contribution in [3.05, 3.63) is 58.4 Å². The van der Waals surface area contributed by atoms with Crippen LogP contribution in [0.2, 0.25) is 5.02 Å². The number of amides is 2. The highest BCUT2D eigenvalue weighted by molar-refractivity contribution is 6.30. The lowest BCUT2D eigenvalue weighted by Crippen LogP contribution is -2.57. The van der Waals surface area contributed by atoms with Crippen LogP contribution in [0.1, 0.15) is 46.9 Å². The number of anilines is 2. The summed E-state index contributed by atoms with van der Waals surface area (Å²) in [5.74, 6) is -1.01. The van der Waals surface area contributed by atoms with Crippen LogP contribution in [-0.4, -0.2) is 36.0 Å². The van der Waals surface area contributed by atoms with Crippen LogP contribution in [-0.2, 0) is 0 Å². The number of carbonyl (C=O) groups excluding carboxylic acids is 2. The van der Waals surface area contributed by atoms with E-state index in [1.54, 1.807) is 18.2 Å². The Morgan fingerprint density at radius 2 is 2.07 bits per heavy atom. The quantitative estimate of drug-likeness (QED) is 0.822. The van der Waals surface area contributed by atoms with Crippen LogP contribution in [0.3, 0.4) is 0 Å². The van der Waals surface area contributed by atoms with E-state index in [-0.39, 0.29) is 22.8 Å². The van der Waals surface area contributed by atoms with Crippen LogP contribution in [0.4, 0.5) is 15.8 Å². The zero-order valence-electron chi connectivity index (χ0n) is 15.5. The molecule has 1 N–H and O–H groups in total. The number of nitrogens with zero attached hydrogens (tertiary/aromatic N) is 2. The smallest absolute Gasteiger partial charge is 0.257 e. The van der Waals surface area contributed by atoms with Crippen molar-refractivity contribution in [3.8, 4) is 0 Å². The molecule has 7 heteroatoms. The summed E-state index contributed by atoms with van der Waals surface area (Å²) in [6, 6.07) is 9.12.